The lowest BCUT2D eigenvalue weighted by atomic mass is 9.98. The summed E-state index contributed by atoms with van der Waals surface area (Å²) >= 11 is 6.71. The summed E-state index contributed by atoms with van der Waals surface area (Å²) in [5.41, 5.74) is 4.12. The first-order valence-electron chi connectivity index (χ1n) is 9.14. The Morgan fingerprint density at radius 3 is 2.52 bits per heavy atom. The van der Waals surface area contributed by atoms with Crippen LogP contribution in [0.25, 0.3) is 5.57 Å². The van der Waals surface area contributed by atoms with Crippen molar-refractivity contribution in [1.29, 1.82) is 0 Å². The molecular formula is C22H18N2O3S2. The molecule has 2 aliphatic heterocycles. The number of fused-ring (bicyclic) bond motifs is 1. The second kappa shape index (κ2) is 7.85. The molecule has 0 aliphatic carbocycles. The number of thiocarbonyl (C=S) groups is 1. The first-order chi connectivity index (χ1) is 14.0. The molecule has 0 spiro atoms. The molecule has 0 atom stereocenters. The number of thioether (sulfide) groups is 1. The summed E-state index contributed by atoms with van der Waals surface area (Å²) in [5.74, 6) is -0.983. The predicted molar refractivity (Wildman–Crippen MR) is 120 cm³/mol. The average Bonchev–Trinajstić information content (AvgIpc) is 3.01. The molecule has 0 aromatic heterocycles. The van der Waals surface area contributed by atoms with Crippen LogP contribution in [0.4, 0.5) is 5.69 Å². The van der Waals surface area contributed by atoms with Crippen molar-refractivity contribution in [3.63, 3.8) is 0 Å². The van der Waals surface area contributed by atoms with E-state index >= 15 is 0 Å². The van der Waals surface area contributed by atoms with E-state index in [1.807, 2.05) is 55.6 Å². The third-order valence-electron chi connectivity index (χ3n) is 4.89. The molecule has 2 aliphatic rings. The second-order valence-corrected chi connectivity index (χ2v) is 8.27. The number of carbonyl (C=O) groups excluding carboxylic acids is 1. The van der Waals surface area contributed by atoms with Crippen molar-refractivity contribution in [2.75, 3.05) is 11.4 Å². The van der Waals surface area contributed by atoms with Crippen LogP contribution < -0.4 is 4.90 Å². The van der Waals surface area contributed by atoms with Gasteiger partial charge in [-0.3, -0.25) is 9.69 Å². The van der Waals surface area contributed by atoms with E-state index in [0.717, 1.165) is 22.4 Å². The molecule has 2 aromatic rings. The van der Waals surface area contributed by atoms with E-state index in [2.05, 4.69) is 4.90 Å². The first kappa shape index (κ1) is 19.4. The number of allylic oxidation sites excluding steroid dienone is 2. The Bertz CT molecular complexity index is 1070. The van der Waals surface area contributed by atoms with Crippen molar-refractivity contribution in [3.05, 3.63) is 82.4 Å². The van der Waals surface area contributed by atoms with Gasteiger partial charge in [0, 0.05) is 36.1 Å². The zero-order valence-electron chi connectivity index (χ0n) is 15.7. The van der Waals surface area contributed by atoms with Crippen molar-refractivity contribution < 1.29 is 14.7 Å². The Balaban J connectivity index is 1.68. The zero-order valence-corrected chi connectivity index (χ0v) is 17.3. The number of amides is 1. The minimum absolute atomic E-state index is 0.0466. The van der Waals surface area contributed by atoms with Gasteiger partial charge < -0.3 is 10.0 Å². The van der Waals surface area contributed by atoms with Crippen LogP contribution in [0, 0.1) is 0 Å². The summed E-state index contributed by atoms with van der Waals surface area (Å²) in [5, 5.41) is 9.07. The van der Waals surface area contributed by atoms with Crippen LogP contribution >= 0.6 is 24.0 Å². The first-order valence-corrected chi connectivity index (χ1v) is 10.4. The molecule has 2 aromatic carbocycles. The summed E-state index contributed by atoms with van der Waals surface area (Å²) in [6, 6.07) is 14.8. The van der Waals surface area contributed by atoms with Crippen LogP contribution in [-0.4, -0.2) is 32.7 Å². The van der Waals surface area contributed by atoms with Crippen LogP contribution in [0.15, 0.2) is 65.7 Å². The third kappa shape index (κ3) is 3.59. The maximum absolute atomic E-state index is 12.8. The molecule has 1 N–H and O–H groups in total. The van der Waals surface area contributed by atoms with Gasteiger partial charge in [-0.05, 0) is 36.8 Å². The molecule has 1 saturated heterocycles. The summed E-state index contributed by atoms with van der Waals surface area (Å²) in [4.78, 5) is 28.2. The number of likely N-dealkylation sites (N-methyl/N-ethyl adjacent to an activating group) is 1. The molecule has 146 valence electrons. The molecule has 1 fully saturated rings. The molecule has 7 heteroatoms. The van der Waals surface area contributed by atoms with E-state index < -0.39 is 5.97 Å². The van der Waals surface area contributed by atoms with Gasteiger partial charge >= 0.3 is 5.97 Å². The van der Waals surface area contributed by atoms with Crippen LogP contribution in [-0.2, 0) is 11.3 Å². The topological polar surface area (TPSA) is 60.9 Å². The average molecular weight is 423 g/mol. The minimum Gasteiger partial charge on any atom is -0.478 e. The van der Waals surface area contributed by atoms with Gasteiger partial charge in [-0.25, -0.2) is 4.79 Å². The summed E-state index contributed by atoms with van der Waals surface area (Å²) in [6.07, 6.45) is 3.91. The predicted octanol–water partition coefficient (Wildman–Crippen LogP) is 4.51. The number of hydrogen-bond donors (Lipinski definition) is 1. The van der Waals surface area contributed by atoms with E-state index in [1.165, 1.54) is 11.8 Å². The fourth-order valence-electron chi connectivity index (χ4n) is 3.41. The van der Waals surface area contributed by atoms with Gasteiger partial charge in [0.1, 0.15) is 4.32 Å². The quantitative estimate of drug-likeness (QED) is 0.578. The number of benzene rings is 2. The molecule has 5 nitrogen and oxygen atoms in total. The van der Waals surface area contributed by atoms with Gasteiger partial charge in [-0.15, -0.1) is 0 Å². The molecule has 0 unspecified atom stereocenters. The number of carboxylic acid groups (broad SMARTS) is 1. The number of carbonyl (C=O) groups is 2. The highest BCUT2D eigenvalue weighted by molar-refractivity contribution is 8.26. The zero-order chi connectivity index (χ0) is 20.5. The van der Waals surface area contributed by atoms with Crippen molar-refractivity contribution in [1.82, 2.24) is 4.90 Å². The lowest BCUT2D eigenvalue weighted by Crippen LogP contribution is -2.27. The maximum Gasteiger partial charge on any atom is 0.335 e. The lowest BCUT2D eigenvalue weighted by molar-refractivity contribution is -0.122. The minimum atomic E-state index is -0.936. The van der Waals surface area contributed by atoms with Crippen molar-refractivity contribution in [3.8, 4) is 0 Å². The summed E-state index contributed by atoms with van der Waals surface area (Å²) < 4.78 is 0.590. The van der Waals surface area contributed by atoms with E-state index in [9.17, 15) is 9.59 Å². The molecule has 0 bridgehead atoms. The monoisotopic (exact) mass is 422 g/mol. The van der Waals surface area contributed by atoms with E-state index in [4.69, 9.17) is 17.3 Å². The molecule has 2 heterocycles. The largest absolute Gasteiger partial charge is 0.478 e. The van der Waals surface area contributed by atoms with Gasteiger partial charge in [0.2, 0.25) is 0 Å². The standard InChI is InChI=1S/C22H18N2O3S2/c1-2-24-20(25)19(29-22(24)28)17-11-12-23(18-6-4-3-5-16(17)18)13-14-7-9-15(10-8-14)21(26)27/h3-12H,2,13H2,1H3,(H,26,27). The van der Waals surface area contributed by atoms with Crippen LogP contribution in [0.3, 0.4) is 0 Å². The Kier molecular flexibility index (Phi) is 5.25. The number of aromatic carboxylic acids is 1. The van der Waals surface area contributed by atoms with Crippen LogP contribution in [0.1, 0.15) is 28.4 Å². The molecule has 29 heavy (non-hydrogen) atoms. The van der Waals surface area contributed by atoms with Crippen molar-refractivity contribution in [2.24, 2.45) is 0 Å². The maximum atomic E-state index is 12.8. The van der Waals surface area contributed by atoms with Crippen LogP contribution in [0.5, 0.6) is 0 Å². The van der Waals surface area contributed by atoms with Gasteiger partial charge in [-0.2, -0.15) is 0 Å². The molecule has 0 radical (unpaired) electrons. The fourth-order valence-corrected chi connectivity index (χ4v) is 4.85. The number of rotatable bonds is 4. The molecular weight excluding hydrogens is 404 g/mol. The van der Waals surface area contributed by atoms with Gasteiger partial charge in [0.15, 0.2) is 0 Å². The van der Waals surface area contributed by atoms with Gasteiger partial charge in [0.05, 0.1) is 10.5 Å². The number of nitrogens with zero attached hydrogens (tertiary/aromatic N) is 2. The van der Waals surface area contributed by atoms with E-state index in [1.54, 1.807) is 17.0 Å². The number of anilines is 1. The SMILES string of the molecule is CCN1C(=O)C(=C2C=CN(Cc3ccc(C(=O)O)cc3)c3ccccc32)SC1=S. The van der Waals surface area contributed by atoms with Gasteiger partial charge in [-0.1, -0.05) is 54.3 Å². The van der Waals surface area contributed by atoms with E-state index in [0.29, 0.717) is 22.3 Å². The fraction of sp³-hybridized carbons (Fsp3) is 0.136. The third-order valence-corrected chi connectivity index (χ3v) is 6.35. The van der Waals surface area contributed by atoms with E-state index in [-0.39, 0.29) is 11.5 Å². The summed E-state index contributed by atoms with van der Waals surface area (Å²) in [7, 11) is 0. The lowest BCUT2D eigenvalue weighted by Gasteiger charge is -2.28. The number of para-hydroxylation sites is 1. The Morgan fingerprint density at radius 1 is 1.14 bits per heavy atom. The smallest absolute Gasteiger partial charge is 0.335 e. The Morgan fingerprint density at radius 2 is 1.86 bits per heavy atom. The highest BCUT2D eigenvalue weighted by Gasteiger charge is 2.34. The van der Waals surface area contributed by atoms with Crippen LogP contribution in [0.2, 0.25) is 0 Å². The molecule has 4 rings (SSSR count). The Hall–Kier alpha value is -2.90. The number of carboxylic acids is 1. The highest BCUT2D eigenvalue weighted by atomic mass is 32.2. The Labute approximate surface area is 178 Å². The van der Waals surface area contributed by atoms with Crippen molar-refractivity contribution >= 4 is 51.4 Å². The molecule has 0 saturated carbocycles. The van der Waals surface area contributed by atoms with Crippen molar-refractivity contribution in [2.45, 2.75) is 13.5 Å². The number of hydrogen-bond acceptors (Lipinski definition) is 5. The highest BCUT2D eigenvalue weighted by Crippen LogP contribution is 2.42. The second-order valence-electron chi connectivity index (χ2n) is 6.62. The molecule has 1 amide bonds. The van der Waals surface area contributed by atoms with Gasteiger partial charge in [0.25, 0.3) is 5.91 Å². The summed E-state index contributed by atoms with van der Waals surface area (Å²) in [6.45, 7) is 3.07. The normalized spacial score (nSPS) is 18.4.